The number of rotatable bonds is 0. The molecule has 0 atom stereocenters. The molecule has 0 aromatic rings. The summed E-state index contributed by atoms with van der Waals surface area (Å²) in [7, 11) is -10.9. The first-order chi connectivity index (χ1) is 5.20. The molecule has 0 unspecified atom stereocenters. The molecule has 0 fully saturated rings. The quantitative estimate of drug-likeness (QED) is 0.289. The van der Waals surface area contributed by atoms with Gasteiger partial charge < -0.3 is 65.0 Å². The first kappa shape index (κ1) is 60.8. The van der Waals surface area contributed by atoms with Gasteiger partial charge in [-0.1, -0.05) is 24.8 Å². The molecule has 0 heterocycles. The smallest absolute Gasteiger partial charge is 0.813 e. The first-order valence-electron chi connectivity index (χ1n) is 1.84. The third-order valence-corrected chi connectivity index (χ3v) is 0. The second-order valence-electron chi connectivity index (χ2n) is 0.750. The van der Waals surface area contributed by atoms with Crippen molar-refractivity contribution in [3.63, 3.8) is 0 Å². The molecular weight excluding hydrogens is 355 g/mol. The van der Waals surface area contributed by atoms with E-state index in [-0.39, 0.29) is 56.6 Å². The van der Waals surface area contributed by atoms with Crippen LogP contribution in [0.4, 0.5) is 0 Å². The summed E-state index contributed by atoms with van der Waals surface area (Å²) in [4.78, 5) is 51.1. The van der Waals surface area contributed by atoms with Crippen LogP contribution in [0.5, 0.6) is 0 Å². The fourth-order valence-electron chi connectivity index (χ4n) is 0. The molecule has 0 aliphatic carbocycles. The van der Waals surface area contributed by atoms with Crippen molar-refractivity contribution in [1.82, 2.24) is 0 Å². The Balaban J connectivity index is -0.00000000827. The van der Waals surface area contributed by atoms with Gasteiger partial charge >= 0.3 is 34.7 Å². The maximum absolute atomic E-state index is 8.52. The van der Waals surface area contributed by atoms with Crippen LogP contribution in [0, 0.1) is 0 Å². The Morgan fingerprint density at radius 1 is 0.444 bits per heavy atom. The maximum atomic E-state index is 8.52. The van der Waals surface area contributed by atoms with Gasteiger partial charge in [-0.3, -0.25) is 0 Å². The second kappa shape index (κ2) is 51.6. The first-order valence-corrected chi connectivity index (χ1v) is 5.51. The molecule has 0 aliphatic heterocycles. The molecule has 18 heavy (non-hydrogen) atoms. The summed E-state index contributed by atoms with van der Waals surface area (Å²) >= 11 is 0. The van der Waals surface area contributed by atoms with E-state index >= 15 is 0 Å². The van der Waals surface area contributed by atoms with E-state index in [1.54, 1.807) is 0 Å². The van der Waals surface area contributed by atoms with Crippen LogP contribution < -0.4 is 29.4 Å². The molecule has 0 saturated carbocycles. The molecule has 18 heteroatoms. The van der Waals surface area contributed by atoms with Crippen molar-refractivity contribution in [2.24, 2.45) is 0 Å². The Hall–Kier alpha value is 1.35. The van der Waals surface area contributed by atoms with E-state index in [0.29, 0.717) is 0 Å². The van der Waals surface area contributed by atoms with Crippen molar-refractivity contribution in [3.8, 4) is 0 Å². The Bertz CT molecular complexity index is 118. The Kier molecular flexibility index (Phi) is 174. The van der Waals surface area contributed by atoms with E-state index in [1.807, 2.05) is 0 Å². The molecule has 8 N–H and O–H groups in total. The summed E-state index contributed by atoms with van der Waals surface area (Å²) in [6, 6.07) is 0. The van der Waals surface area contributed by atoms with Gasteiger partial charge in [0.2, 0.25) is 0 Å². The van der Waals surface area contributed by atoms with Crippen LogP contribution in [0.15, 0.2) is 0 Å². The largest absolute Gasteiger partial charge is 3.00 e. The van der Waals surface area contributed by atoms with Crippen LogP contribution in [0.25, 0.3) is 0 Å². The van der Waals surface area contributed by atoms with Gasteiger partial charge in [-0.2, -0.15) is 0 Å². The zero-order chi connectivity index (χ0) is 10.7. The molecular formula is H11Al2O13P3. The van der Waals surface area contributed by atoms with E-state index in [2.05, 4.69) is 0 Å². The van der Waals surface area contributed by atoms with Gasteiger partial charge in [0.05, 0.1) is 0 Å². The topological polar surface area (TPSA) is 316 Å². The van der Waals surface area contributed by atoms with Crippen molar-refractivity contribution in [3.05, 3.63) is 0 Å². The summed E-state index contributed by atoms with van der Waals surface area (Å²) in [6.07, 6.45) is 0. The molecule has 110 valence electrons. The van der Waals surface area contributed by atoms with Crippen LogP contribution in [-0.4, -0.2) is 56.6 Å². The molecule has 0 radical (unpaired) electrons. The molecule has 0 spiro atoms. The molecule has 0 rings (SSSR count). The standard InChI is InChI=1S/2Al.3H3O3P.4H2O/c;;3*1-4(2)3;;;;/h;;3*4H,(H2,1,2,3);4*1H2/q2*+3;;;;;;;/p-6. The van der Waals surface area contributed by atoms with Crippen molar-refractivity contribution in [2.75, 3.05) is 0 Å². The minimum absolute atomic E-state index is 0. The van der Waals surface area contributed by atoms with Crippen LogP contribution in [0.2, 0.25) is 0 Å². The summed E-state index contributed by atoms with van der Waals surface area (Å²) < 4.78 is 25.6. The van der Waals surface area contributed by atoms with E-state index in [9.17, 15) is 0 Å². The third-order valence-electron chi connectivity index (χ3n) is 0. The summed E-state index contributed by atoms with van der Waals surface area (Å²) in [5.41, 5.74) is 0. The van der Waals surface area contributed by atoms with Crippen LogP contribution >= 0.6 is 24.8 Å². The van der Waals surface area contributed by atoms with Gasteiger partial charge in [-0.25, -0.2) is 0 Å². The number of hydrogen-bond donors (Lipinski definition) is 0. The zero-order valence-corrected chi connectivity index (χ0v) is 13.6. The van der Waals surface area contributed by atoms with Crippen molar-refractivity contribution in [1.29, 1.82) is 0 Å². The van der Waals surface area contributed by atoms with Crippen molar-refractivity contribution >= 4 is 59.5 Å². The van der Waals surface area contributed by atoms with Gasteiger partial charge in [0, 0.05) is 0 Å². The fraction of sp³-hybridized carbons (Fsp3) is 0. The third kappa shape index (κ3) is 2530. The molecule has 13 nitrogen and oxygen atoms in total. The fourth-order valence-corrected chi connectivity index (χ4v) is 0. The molecule has 0 aromatic carbocycles. The van der Waals surface area contributed by atoms with Gasteiger partial charge in [-0.05, 0) is 0 Å². The monoisotopic (exact) mass is 366 g/mol. The summed E-state index contributed by atoms with van der Waals surface area (Å²) in [5.74, 6) is 0. The molecule has 0 saturated heterocycles. The molecule has 0 amide bonds. The summed E-state index contributed by atoms with van der Waals surface area (Å²) in [5, 5.41) is 0. The van der Waals surface area contributed by atoms with E-state index in [1.165, 1.54) is 0 Å². The van der Waals surface area contributed by atoms with Crippen LogP contribution in [-0.2, 0) is 13.7 Å². The Morgan fingerprint density at radius 2 is 0.444 bits per heavy atom. The van der Waals surface area contributed by atoms with E-state index < -0.39 is 24.8 Å². The van der Waals surface area contributed by atoms with Gasteiger partial charge in [0.15, 0.2) is 0 Å². The molecule has 0 aromatic heterocycles. The van der Waals surface area contributed by atoms with Crippen LogP contribution in [0.1, 0.15) is 0 Å². The normalized spacial score (nSPS) is 5.83. The Morgan fingerprint density at radius 3 is 0.444 bits per heavy atom. The SMILES string of the molecule is O.O.O.O.O=[PH]([O-])[O-].O=[PH]([O-])[O-].O=[PH]([O-])[O-].[Al+3].[Al+3]. The van der Waals surface area contributed by atoms with Crippen molar-refractivity contribution in [2.45, 2.75) is 0 Å². The molecule has 0 aliphatic rings. The van der Waals surface area contributed by atoms with Crippen LogP contribution in [0.3, 0.4) is 0 Å². The van der Waals surface area contributed by atoms with E-state index in [0.717, 1.165) is 0 Å². The molecule has 0 bridgehead atoms. The maximum Gasteiger partial charge on any atom is 3.00 e. The number of hydrogen-bond acceptors (Lipinski definition) is 9. The average Bonchev–Trinajstić information content (AvgIpc) is 1.54. The van der Waals surface area contributed by atoms with Gasteiger partial charge in [0.1, 0.15) is 0 Å². The van der Waals surface area contributed by atoms with Crippen molar-refractivity contribution < 1.29 is 65.0 Å². The summed E-state index contributed by atoms with van der Waals surface area (Å²) in [6.45, 7) is 0. The average molecular weight is 366 g/mol. The second-order valence-corrected chi connectivity index (χ2v) is 2.25. The van der Waals surface area contributed by atoms with Gasteiger partial charge in [-0.15, -0.1) is 0 Å². The zero-order valence-electron chi connectivity index (χ0n) is 8.33. The predicted octanol–water partition coefficient (Wildman–Crippen LogP) is -9.77. The Labute approximate surface area is 124 Å². The van der Waals surface area contributed by atoms with E-state index in [4.69, 9.17) is 43.1 Å². The van der Waals surface area contributed by atoms with Gasteiger partial charge in [0.25, 0.3) is 0 Å². The minimum Gasteiger partial charge on any atom is -0.813 e. The minimum atomic E-state index is -3.63. The predicted molar refractivity (Wildman–Crippen MR) is 53.0 cm³/mol.